The molecule has 112 valence electrons. The lowest BCUT2D eigenvalue weighted by Gasteiger charge is -2.27. The fourth-order valence-electron chi connectivity index (χ4n) is 2.10. The summed E-state index contributed by atoms with van der Waals surface area (Å²) in [5, 5.41) is 16.4. The Kier molecular flexibility index (Phi) is 4.83. The van der Waals surface area contributed by atoms with Gasteiger partial charge in [0.2, 0.25) is 5.91 Å². The molecule has 1 saturated heterocycles. The molecule has 0 saturated carbocycles. The van der Waals surface area contributed by atoms with Crippen molar-refractivity contribution < 1.29 is 14.5 Å². The average Bonchev–Trinajstić information content (AvgIpc) is 2.53. The number of carbonyl (C=O) groups excluding carboxylic acids is 2. The van der Waals surface area contributed by atoms with Crippen LogP contribution in [0.4, 0.5) is 5.69 Å². The first-order chi connectivity index (χ1) is 10.1. The minimum absolute atomic E-state index is 0.0457. The number of carbonyl (C=O) groups is 2. The SMILES string of the molecule is O=C(NCC(=O)N1CCNCC1)c1ccccc1[N+](=O)[O-]. The Balaban J connectivity index is 1.95. The molecule has 21 heavy (non-hydrogen) atoms. The van der Waals surface area contributed by atoms with Crippen LogP contribution in [0.5, 0.6) is 0 Å². The number of nitro benzene ring substituents is 1. The number of para-hydroxylation sites is 1. The van der Waals surface area contributed by atoms with Gasteiger partial charge >= 0.3 is 0 Å². The number of nitro groups is 1. The van der Waals surface area contributed by atoms with E-state index in [1.54, 1.807) is 11.0 Å². The molecule has 0 bridgehead atoms. The third-order valence-corrected chi connectivity index (χ3v) is 3.22. The Morgan fingerprint density at radius 1 is 1.29 bits per heavy atom. The number of nitrogens with one attached hydrogen (secondary N) is 2. The molecular weight excluding hydrogens is 276 g/mol. The molecule has 1 aromatic carbocycles. The van der Waals surface area contributed by atoms with Crippen LogP contribution in [0.15, 0.2) is 24.3 Å². The summed E-state index contributed by atoms with van der Waals surface area (Å²) in [5.41, 5.74) is -0.319. The molecule has 8 nitrogen and oxygen atoms in total. The molecule has 0 aromatic heterocycles. The molecule has 8 heteroatoms. The van der Waals surface area contributed by atoms with Gasteiger partial charge in [0.1, 0.15) is 5.56 Å². The first-order valence-electron chi connectivity index (χ1n) is 6.59. The van der Waals surface area contributed by atoms with Crippen LogP contribution >= 0.6 is 0 Å². The van der Waals surface area contributed by atoms with Gasteiger partial charge in [-0.1, -0.05) is 12.1 Å². The van der Waals surface area contributed by atoms with Crippen molar-refractivity contribution in [3.8, 4) is 0 Å². The minimum Gasteiger partial charge on any atom is -0.343 e. The number of hydrogen-bond acceptors (Lipinski definition) is 5. The maximum Gasteiger partial charge on any atom is 0.282 e. The minimum atomic E-state index is -0.620. The smallest absolute Gasteiger partial charge is 0.282 e. The highest BCUT2D eigenvalue weighted by molar-refractivity contribution is 5.99. The van der Waals surface area contributed by atoms with Gasteiger partial charge in [-0.25, -0.2) is 0 Å². The van der Waals surface area contributed by atoms with E-state index < -0.39 is 10.8 Å². The summed E-state index contributed by atoms with van der Waals surface area (Å²) in [7, 11) is 0. The first kappa shape index (κ1) is 14.9. The molecule has 1 aliphatic heterocycles. The van der Waals surface area contributed by atoms with Crippen LogP contribution in [0.2, 0.25) is 0 Å². The summed E-state index contributed by atoms with van der Waals surface area (Å²) < 4.78 is 0. The van der Waals surface area contributed by atoms with Gasteiger partial charge in [-0.3, -0.25) is 19.7 Å². The molecule has 0 spiro atoms. The predicted molar refractivity (Wildman–Crippen MR) is 74.9 cm³/mol. The van der Waals surface area contributed by atoms with Crippen molar-refractivity contribution in [3.05, 3.63) is 39.9 Å². The first-order valence-corrected chi connectivity index (χ1v) is 6.59. The van der Waals surface area contributed by atoms with E-state index in [9.17, 15) is 19.7 Å². The maximum absolute atomic E-state index is 12.0. The Morgan fingerprint density at radius 2 is 1.95 bits per heavy atom. The third kappa shape index (κ3) is 3.76. The van der Waals surface area contributed by atoms with Crippen molar-refractivity contribution in [2.75, 3.05) is 32.7 Å². The summed E-state index contributed by atoms with van der Waals surface area (Å²) in [6, 6.07) is 5.65. The average molecular weight is 292 g/mol. The van der Waals surface area contributed by atoms with E-state index in [1.165, 1.54) is 18.2 Å². The molecule has 0 atom stereocenters. The Labute approximate surface area is 121 Å². The normalized spacial score (nSPS) is 14.6. The van der Waals surface area contributed by atoms with E-state index in [2.05, 4.69) is 10.6 Å². The fourth-order valence-corrected chi connectivity index (χ4v) is 2.10. The van der Waals surface area contributed by atoms with Crippen LogP contribution < -0.4 is 10.6 Å². The molecule has 2 amide bonds. The summed E-state index contributed by atoms with van der Waals surface area (Å²) in [6.07, 6.45) is 0. The van der Waals surface area contributed by atoms with E-state index in [1.807, 2.05) is 0 Å². The highest BCUT2D eigenvalue weighted by atomic mass is 16.6. The standard InChI is InChI=1S/C13H16N4O4/c18-12(16-7-5-14-6-8-16)9-15-13(19)10-3-1-2-4-11(10)17(20)21/h1-4,14H,5-9H2,(H,15,19). The van der Waals surface area contributed by atoms with E-state index in [0.29, 0.717) is 13.1 Å². The molecule has 1 fully saturated rings. The van der Waals surface area contributed by atoms with Crippen LogP contribution in [0.1, 0.15) is 10.4 Å². The summed E-state index contributed by atoms with van der Waals surface area (Å²) >= 11 is 0. The van der Waals surface area contributed by atoms with E-state index in [-0.39, 0.29) is 23.7 Å². The van der Waals surface area contributed by atoms with Gasteiger partial charge in [-0.05, 0) is 6.07 Å². The van der Waals surface area contributed by atoms with Crippen LogP contribution in [-0.2, 0) is 4.79 Å². The van der Waals surface area contributed by atoms with Crippen molar-refractivity contribution in [2.24, 2.45) is 0 Å². The van der Waals surface area contributed by atoms with E-state index in [0.717, 1.165) is 13.1 Å². The zero-order valence-electron chi connectivity index (χ0n) is 11.4. The highest BCUT2D eigenvalue weighted by Crippen LogP contribution is 2.17. The number of hydrogen-bond donors (Lipinski definition) is 2. The Hall–Kier alpha value is -2.48. The lowest BCUT2D eigenvalue weighted by Crippen LogP contribution is -2.49. The van der Waals surface area contributed by atoms with Crippen LogP contribution in [0.25, 0.3) is 0 Å². The number of nitrogens with zero attached hydrogens (tertiary/aromatic N) is 2. The zero-order chi connectivity index (χ0) is 15.2. The van der Waals surface area contributed by atoms with Gasteiger partial charge in [-0.15, -0.1) is 0 Å². The van der Waals surface area contributed by atoms with Gasteiger partial charge in [0.15, 0.2) is 0 Å². The quantitative estimate of drug-likeness (QED) is 0.588. The number of piperazine rings is 1. The predicted octanol–water partition coefficient (Wildman–Crippen LogP) is -0.244. The summed E-state index contributed by atoms with van der Waals surface area (Å²) in [6.45, 7) is 2.49. The van der Waals surface area contributed by atoms with Gasteiger partial charge in [0.05, 0.1) is 11.5 Å². The Morgan fingerprint density at radius 3 is 2.62 bits per heavy atom. The molecule has 0 radical (unpaired) electrons. The monoisotopic (exact) mass is 292 g/mol. The lowest BCUT2D eigenvalue weighted by atomic mass is 10.1. The van der Waals surface area contributed by atoms with Gasteiger partial charge in [-0.2, -0.15) is 0 Å². The van der Waals surface area contributed by atoms with Gasteiger partial charge < -0.3 is 15.5 Å². The second kappa shape index (κ2) is 6.80. The number of amides is 2. The summed E-state index contributed by atoms with van der Waals surface area (Å²) in [4.78, 5) is 35.7. The molecule has 1 aromatic rings. The second-order valence-electron chi connectivity index (χ2n) is 4.59. The Bertz CT molecular complexity index is 555. The van der Waals surface area contributed by atoms with Crippen molar-refractivity contribution in [1.82, 2.24) is 15.5 Å². The fraction of sp³-hybridized carbons (Fsp3) is 0.385. The van der Waals surface area contributed by atoms with Crippen LogP contribution in [0.3, 0.4) is 0 Å². The van der Waals surface area contributed by atoms with Crippen molar-refractivity contribution in [1.29, 1.82) is 0 Å². The number of benzene rings is 1. The van der Waals surface area contributed by atoms with Crippen molar-refractivity contribution in [2.45, 2.75) is 0 Å². The highest BCUT2D eigenvalue weighted by Gasteiger charge is 2.21. The second-order valence-corrected chi connectivity index (χ2v) is 4.59. The molecule has 2 N–H and O–H groups in total. The lowest BCUT2D eigenvalue weighted by molar-refractivity contribution is -0.385. The number of rotatable bonds is 4. The molecule has 2 rings (SSSR count). The van der Waals surface area contributed by atoms with Crippen LogP contribution in [-0.4, -0.2) is 54.4 Å². The largest absolute Gasteiger partial charge is 0.343 e. The molecule has 0 aliphatic carbocycles. The van der Waals surface area contributed by atoms with E-state index >= 15 is 0 Å². The summed E-state index contributed by atoms with van der Waals surface area (Å²) in [5.74, 6) is -0.811. The molecule has 0 unspecified atom stereocenters. The van der Waals surface area contributed by atoms with Crippen LogP contribution in [0, 0.1) is 10.1 Å². The van der Waals surface area contributed by atoms with Gasteiger partial charge in [0.25, 0.3) is 11.6 Å². The topological polar surface area (TPSA) is 105 Å². The molecular formula is C13H16N4O4. The third-order valence-electron chi connectivity index (χ3n) is 3.22. The maximum atomic E-state index is 12.0. The molecule has 1 heterocycles. The van der Waals surface area contributed by atoms with E-state index in [4.69, 9.17) is 0 Å². The van der Waals surface area contributed by atoms with Crippen molar-refractivity contribution >= 4 is 17.5 Å². The van der Waals surface area contributed by atoms with Crippen molar-refractivity contribution in [3.63, 3.8) is 0 Å². The molecule has 1 aliphatic rings. The zero-order valence-corrected chi connectivity index (χ0v) is 11.4. The van der Waals surface area contributed by atoms with Gasteiger partial charge in [0, 0.05) is 32.2 Å².